The maximum atomic E-state index is 13.9. The zero-order valence-corrected chi connectivity index (χ0v) is 17.2. The predicted octanol–water partition coefficient (Wildman–Crippen LogP) is 3.46. The van der Waals surface area contributed by atoms with Crippen molar-refractivity contribution >= 4 is 29.2 Å². The fourth-order valence-electron chi connectivity index (χ4n) is 2.90. The Balaban J connectivity index is 1.81. The van der Waals surface area contributed by atoms with Gasteiger partial charge in [-0.05, 0) is 38.1 Å². The maximum Gasteiger partial charge on any atom is 0.343 e. The molecule has 156 valence electrons. The third kappa shape index (κ3) is 3.99. The summed E-state index contributed by atoms with van der Waals surface area (Å²) >= 11 is 5.85. The normalized spacial score (nSPS) is 11.8. The number of carbonyl (C=O) groups is 2. The molecule has 1 atom stereocenters. The van der Waals surface area contributed by atoms with Crippen LogP contribution in [-0.2, 0) is 16.6 Å². The van der Waals surface area contributed by atoms with Gasteiger partial charge in [0.05, 0.1) is 16.4 Å². The standard InChI is InChI=1S/C21H19ClFN3O4/c1-12-18(20(28)26(25(12)3)14-8-5-4-6-9-14)24-19(27)13(2)30-21(29)17-15(22)10-7-11-16(17)23/h4-11,13H,1-3H3,(H,24,27)/t13-/m0/s1. The molecule has 0 unspecified atom stereocenters. The summed E-state index contributed by atoms with van der Waals surface area (Å²) in [6, 6.07) is 12.7. The van der Waals surface area contributed by atoms with Crippen LogP contribution < -0.4 is 10.9 Å². The van der Waals surface area contributed by atoms with Crippen LogP contribution in [0.4, 0.5) is 10.1 Å². The van der Waals surface area contributed by atoms with E-state index in [0.29, 0.717) is 11.4 Å². The van der Waals surface area contributed by atoms with E-state index >= 15 is 0 Å². The molecular weight excluding hydrogens is 413 g/mol. The van der Waals surface area contributed by atoms with Crippen molar-refractivity contribution in [1.82, 2.24) is 9.36 Å². The van der Waals surface area contributed by atoms with Gasteiger partial charge in [0.2, 0.25) is 0 Å². The highest BCUT2D eigenvalue weighted by atomic mass is 35.5. The number of amides is 1. The number of benzene rings is 2. The Morgan fingerprint density at radius 2 is 1.80 bits per heavy atom. The van der Waals surface area contributed by atoms with Gasteiger partial charge in [-0.15, -0.1) is 0 Å². The van der Waals surface area contributed by atoms with Crippen molar-refractivity contribution in [2.24, 2.45) is 7.05 Å². The maximum absolute atomic E-state index is 13.9. The SMILES string of the molecule is Cc1c(NC(=O)[C@H](C)OC(=O)c2c(F)cccc2Cl)c(=O)n(-c2ccccc2)n1C. The number of hydrogen-bond acceptors (Lipinski definition) is 4. The van der Waals surface area contributed by atoms with Crippen LogP contribution in [-0.4, -0.2) is 27.3 Å². The van der Waals surface area contributed by atoms with Crippen LogP contribution in [0.2, 0.25) is 5.02 Å². The highest BCUT2D eigenvalue weighted by molar-refractivity contribution is 6.33. The van der Waals surface area contributed by atoms with Crippen LogP contribution in [0.3, 0.4) is 0 Å². The molecule has 0 aliphatic heterocycles. The Bertz CT molecular complexity index is 1150. The number of nitrogens with one attached hydrogen (secondary N) is 1. The number of nitrogens with zero attached hydrogens (tertiary/aromatic N) is 2. The van der Waals surface area contributed by atoms with Crippen molar-refractivity contribution in [2.45, 2.75) is 20.0 Å². The summed E-state index contributed by atoms with van der Waals surface area (Å²) < 4.78 is 21.9. The minimum Gasteiger partial charge on any atom is -0.449 e. The first-order valence-electron chi connectivity index (χ1n) is 9.02. The molecule has 0 radical (unpaired) electrons. The highest BCUT2D eigenvalue weighted by Crippen LogP contribution is 2.21. The van der Waals surface area contributed by atoms with E-state index in [-0.39, 0.29) is 10.7 Å². The second-order valence-electron chi connectivity index (χ2n) is 6.57. The molecule has 9 heteroatoms. The summed E-state index contributed by atoms with van der Waals surface area (Å²) in [5.41, 5.74) is 0.291. The van der Waals surface area contributed by atoms with Crippen LogP contribution in [0.15, 0.2) is 53.3 Å². The largest absolute Gasteiger partial charge is 0.449 e. The Morgan fingerprint density at radius 1 is 1.13 bits per heavy atom. The fourth-order valence-corrected chi connectivity index (χ4v) is 3.14. The average Bonchev–Trinajstić information content (AvgIpc) is 2.91. The summed E-state index contributed by atoms with van der Waals surface area (Å²) in [5, 5.41) is 2.37. The number of halogens is 2. The molecule has 7 nitrogen and oxygen atoms in total. The number of ether oxygens (including phenoxy) is 1. The molecule has 0 bridgehead atoms. The van der Waals surface area contributed by atoms with E-state index < -0.39 is 34.9 Å². The summed E-state index contributed by atoms with van der Waals surface area (Å²) in [6.45, 7) is 2.99. The molecule has 1 N–H and O–H groups in total. The van der Waals surface area contributed by atoms with E-state index in [1.165, 1.54) is 23.7 Å². The monoisotopic (exact) mass is 431 g/mol. The predicted molar refractivity (Wildman–Crippen MR) is 111 cm³/mol. The fraction of sp³-hybridized carbons (Fsp3) is 0.190. The van der Waals surface area contributed by atoms with Crippen molar-refractivity contribution in [3.8, 4) is 5.69 Å². The number of anilines is 1. The van der Waals surface area contributed by atoms with Gasteiger partial charge in [0, 0.05) is 7.05 Å². The molecule has 0 aliphatic carbocycles. The topological polar surface area (TPSA) is 82.3 Å². The lowest BCUT2D eigenvalue weighted by Gasteiger charge is -2.14. The van der Waals surface area contributed by atoms with E-state index in [4.69, 9.17) is 16.3 Å². The van der Waals surface area contributed by atoms with Gasteiger partial charge in [0.15, 0.2) is 6.10 Å². The number of carbonyl (C=O) groups excluding carboxylic acids is 2. The smallest absolute Gasteiger partial charge is 0.343 e. The Morgan fingerprint density at radius 3 is 2.43 bits per heavy atom. The third-order valence-electron chi connectivity index (χ3n) is 4.62. The van der Waals surface area contributed by atoms with E-state index in [1.54, 1.807) is 42.9 Å². The minimum atomic E-state index is -1.29. The van der Waals surface area contributed by atoms with Gasteiger partial charge in [-0.3, -0.25) is 14.3 Å². The molecule has 3 rings (SSSR count). The second kappa shape index (κ2) is 8.54. The molecule has 1 amide bonds. The van der Waals surface area contributed by atoms with Crippen LogP contribution in [0.25, 0.3) is 5.69 Å². The Hall–Kier alpha value is -3.39. The van der Waals surface area contributed by atoms with E-state index in [0.717, 1.165) is 6.07 Å². The first-order chi connectivity index (χ1) is 14.2. The molecule has 1 aromatic heterocycles. The molecule has 30 heavy (non-hydrogen) atoms. The summed E-state index contributed by atoms with van der Waals surface area (Å²) in [5.74, 6) is -2.67. The van der Waals surface area contributed by atoms with Gasteiger partial charge in [0.25, 0.3) is 11.5 Å². The molecule has 0 saturated carbocycles. The van der Waals surface area contributed by atoms with Crippen molar-refractivity contribution in [1.29, 1.82) is 0 Å². The lowest BCUT2D eigenvalue weighted by molar-refractivity contribution is -0.123. The first kappa shape index (κ1) is 21.3. The lowest BCUT2D eigenvalue weighted by Crippen LogP contribution is -2.32. The number of aromatic nitrogens is 2. The van der Waals surface area contributed by atoms with Gasteiger partial charge < -0.3 is 10.1 Å². The third-order valence-corrected chi connectivity index (χ3v) is 4.94. The van der Waals surface area contributed by atoms with Crippen molar-refractivity contribution in [3.63, 3.8) is 0 Å². The van der Waals surface area contributed by atoms with Crippen molar-refractivity contribution < 1.29 is 18.7 Å². The van der Waals surface area contributed by atoms with Crippen LogP contribution >= 0.6 is 11.6 Å². The number of esters is 1. The van der Waals surface area contributed by atoms with Crippen LogP contribution in [0.5, 0.6) is 0 Å². The number of rotatable bonds is 5. The Labute approximate surface area is 176 Å². The quantitative estimate of drug-likeness (QED) is 0.627. The van der Waals surface area contributed by atoms with E-state index in [2.05, 4.69) is 5.32 Å². The van der Waals surface area contributed by atoms with Gasteiger partial charge >= 0.3 is 5.97 Å². The van der Waals surface area contributed by atoms with Crippen molar-refractivity contribution in [3.05, 3.63) is 81.0 Å². The number of hydrogen-bond donors (Lipinski definition) is 1. The van der Waals surface area contributed by atoms with Crippen LogP contribution in [0, 0.1) is 12.7 Å². The number of para-hydroxylation sites is 1. The minimum absolute atomic E-state index is 0.0539. The average molecular weight is 432 g/mol. The lowest BCUT2D eigenvalue weighted by atomic mass is 10.2. The molecule has 1 heterocycles. The summed E-state index contributed by atoms with van der Waals surface area (Å²) in [7, 11) is 1.68. The first-order valence-corrected chi connectivity index (χ1v) is 9.40. The summed E-state index contributed by atoms with van der Waals surface area (Å²) in [6.07, 6.45) is -1.29. The highest BCUT2D eigenvalue weighted by Gasteiger charge is 2.25. The second-order valence-corrected chi connectivity index (χ2v) is 6.98. The Kier molecular flexibility index (Phi) is 6.07. The van der Waals surface area contributed by atoms with Gasteiger partial charge in [-0.25, -0.2) is 13.9 Å². The zero-order valence-electron chi connectivity index (χ0n) is 16.5. The van der Waals surface area contributed by atoms with Gasteiger partial charge in [-0.1, -0.05) is 35.9 Å². The molecule has 0 saturated heterocycles. The molecule has 0 spiro atoms. The van der Waals surface area contributed by atoms with E-state index in [9.17, 15) is 18.8 Å². The molecule has 2 aromatic carbocycles. The zero-order chi connectivity index (χ0) is 22.0. The molecular formula is C21H19ClFN3O4. The van der Waals surface area contributed by atoms with Crippen LogP contribution in [0.1, 0.15) is 23.0 Å². The van der Waals surface area contributed by atoms with Crippen molar-refractivity contribution in [2.75, 3.05) is 5.32 Å². The van der Waals surface area contributed by atoms with Gasteiger partial charge in [-0.2, -0.15) is 0 Å². The van der Waals surface area contributed by atoms with Gasteiger partial charge in [0.1, 0.15) is 17.1 Å². The molecule has 0 aliphatic rings. The summed E-state index contributed by atoms with van der Waals surface area (Å²) in [4.78, 5) is 37.6. The molecule has 3 aromatic rings. The molecule has 0 fully saturated rings. The van der Waals surface area contributed by atoms with E-state index in [1.807, 2.05) is 6.07 Å².